The Morgan fingerprint density at radius 3 is 2.62 bits per heavy atom. The summed E-state index contributed by atoms with van der Waals surface area (Å²) in [7, 11) is 0. The predicted molar refractivity (Wildman–Crippen MR) is 81.1 cm³/mol. The van der Waals surface area contributed by atoms with E-state index in [0.29, 0.717) is 18.4 Å². The summed E-state index contributed by atoms with van der Waals surface area (Å²) < 4.78 is 5.42. The maximum absolute atomic E-state index is 10.5. The first-order valence-electron chi connectivity index (χ1n) is 7.51. The minimum Gasteiger partial charge on any atom is -0.461 e. The van der Waals surface area contributed by atoms with E-state index in [-0.39, 0.29) is 18.1 Å². The quantitative estimate of drug-likeness (QED) is 0.757. The van der Waals surface area contributed by atoms with E-state index < -0.39 is 5.60 Å². The lowest BCUT2D eigenvalue weighted by atomic mass is 9.79. The number of nitrogens with zero attached hydrogens (tertiary/aromatic N) is 3. The lowest BCUT2D eigenvalue weighted by molar-refractivity contribution is 0.00485. The first-order chi connectivity index (χ1) is 9.86. The van der Waals surface area contributed by atoms with Crippen LogP contribution in [0.1, 0.15) is 46.5 Å². The third-order valence-corrected chi connectivity index (χ3v) is 3.75. The number of ether oxygens (including phenoxy) is 1. The standard InChI is InChI=1S/C14H25N5O2/c1-9(2)21-13-18-11(15)17-12(19-13)16-8-14(20)6-4-10(3)5-7-14/h9-10,20H,4-8H2,1-3H3,(H3,15,16,17,18,19). The van der Waals surface area contributed by atoms with Gasteiger partial charge >= 0.3 is 6.01 Å². The molecule has 0 aromatic carbocycles. The molecule has 1 saturated carbocycles. The highest BCUT2D eigenvalue weighted by Crippen LogP contribution is 2.31. The summed E-state index contributed by atoms with van der Waals surface area (Å²) >= 11 is 0. The molecule has 0 aliphatic heterocycles. The summed E-state index contributed by atoms with van der Waals surface area (Å²) in [5, 5.41) is 13.6. The first-order valence-corrected chi connectivity index (χ1v) is 7.51. The number of nitrogens with two attached hydrogens (primary N) is 1. The molecule has 0 radical (unpaired) electrons. The molecule has 0 spiro atoms. The average molecular weight is 295 g/mol. The molecule has 0 unspecified atom stereocenters. The van der Waals surface area contributed by atoms with E-state index in [0.717, 1.165) is 25.7 Å². The maximum atomic E-state index is 10.5. The summed E-state index contributed by atoms with van der Waals surface area (Å²) in [6.45, 7) is 6.40. The van der Waals surface area contributed by atoms with E-state index in [1.165, 1.54) is 0 Å². The summed E-state index contributed by atoms with van der Waals surface area (Å²) in [6.07, 6.45) is 3.62. The van der Waals surface area contributed by atoms with Crippen LogP contribution in [0.2, 0.25) is 0 Å². The van der Waals surface area contributed by atoms with Crippen LogP contribution in [0.5, 0.6) is 6.01 Å². The highest BCUT2D eigenvalue weighted by molar-refractivity contribution is 5.33. The van der Waals surface area contributed by atoms with Crippen LogP contribution in [0.15, 0.2) is 0 Å². The Labute approximate surface area is 125 Å². The number of hydrogen-bond acceptors (Lipinski definition) is 7. The fourth-order valence-corrected chi connectivity index (χ4v) is 2.43. The Morgan fingerprint density at radius 1 is 1.33 bits per heavy atom. The van der Waals surface area contributed by atoms with Crippen LogP contribution in [-0.2, 0) is 0 Å². The van der Waals surface area contributed by atoms with Crippen molar-refractivity contribution >= 4 is 11.9 Å². The number of nitrogens with one attached hydrogen (secondary N) is 1. The molecule has 1 aromatic rings. The largest absolute Gasteiger partial charge is 0.461 e. The van der Waals surface area contributed by atoms with Crippen molar-refractivity contribution in [3.63, 3.8) is 0 Å². The molecular formula is C14H25N5O2. The maximum Gasteiger partial charge on any atom is 0.323 e. The van der Waals surface area contributed by atoms with Gasteiger partial charge in [0.1, 0.15) is 0 Å². The molecule has 1 heterocycles. The average Bonchev–Trinajstić information content (AvgIpc) is 2.39. The van der Waals surface area contributed by atoms with E-state index in [1.54, 1.807) is 0 Å². The molecule has 7 nitrogen and oxygen atoms in total. The molecule has 21 heavy (non-hydrogen) atoms. The van der Waals surface area contributed by atoms with Gasteiger partial charge in [-0.25, -0.2) is 0 Å². The van der Waals surface area contributed by atoms with Gasteiger partial charge in [-0.05, 0) is 45.4 Å². The van der Waals surface area contributed by atoms with Gasteiger partial charge in [-0.1, -0.05) is 6.92 Å². The Bertz CT molecular complexity index is 472. The summed E-state index contributed by atoms with van der Waals surface area (Å²) in [4.78, 5) is 12.1. The number of aliphatic hydroxyl groups is 1. The third-order valence-electron chi connectivity index (χ3n) is 3.75. The van der Waals surface area contributed by atoms with E-state index in [1.807, 2.05) is 13.8 Å². The van der Waals surface area contributed by atoms with Crippen LogP contribution in [0.3, 0.4) is 0 Å². The van der Waals surface area contributed by atoms with Crippen LogP contribution in [0.25, 0.3) is 0 Å². The first kappa shape index (κ1) is 15.8. The van der Waals surface area contributed by atoms with Gasteiger partial charge in [-0.3, -0.25) is 0 Å². The Balaban J connectivity index is 1.97. The molecule has 1 fully saturated rings. The summed E-state index contributed by atoms with van der Waals surface area (Å²) in [5.74, 6) is 1.13. The van der Waals surface area contributed by atoms with Crippen molar-refractivity contribution in [2.24, 2.45) is 5.92 Å². The molecule has 0 bridgehead atoms. The molecular weight excluding hydrogens is 270 g/mol. The van der Waals surface area contributed by atoms with E-state index in [4.69, 9.17) is 10.5 Å². The van der Waals surface area contributed by atoms with Gasteiger partial charge in [0.25, 0.3) is 0 Å². The molecule has 1 aliphatic rings. The summed E-state index contributed by atoms with van der Waals surface area (Å²) in [5.41, 5.74) is 4.95. The second-order valence-electron chi connectivity index (χ2n) is 6.23. The number of rotatable bonds is 5. The Kier molecular flexibility index (Phi) is 4.82. The molecule has 2 rings (SSSR count). The van der Waals surface area contributed by atoms with Crippen molar-refractivity contribution in [3.8, 4) is 6.01 Å². The van der Waals surface area contributed by atoms with Gasteiger partial charge in [0.2, 0.25) is 11.9 Å². The number of hydrogen-bond donors (Lipinski definition) is 3. The third kappa shape index (κ3) is 4.70. The number of anilines is 2. The fourth-order valence-electron chi connectivity index (χ4n) is 2.43. The molecule has 118 valence electrons. The second-order valence-corrected chi connectivity index (χ2v) is 6.23. The smallest absolute Gasteiger partial charge is 0.323 e. The van der Waals surface area contributed by atoms with Gasteiger partial charge in [0.15, 0.2) is 0 Å². The predicted octanol–water partition coefficient (Wildman–Crippen LogP) is 1.59. The van der Waals surface area contributed by atoms with E-state index in [2.05, 4.69) is 27.2 Å². The van der Waals surface area contributed by atoms with Crippen molar-refractivity contribution in [1.82, 2.24) is 15.0 Å². The topological polar surface area (TPSA) is 106 Å². The van der Waals surface area contributed by atoms with Crippen LogP contribution >= 0.6 is 0 Å². The summed E-state index contributed by atoms with van der Waals surface area (Å²) in [6, 6.07) is 0.198. The zero-order valence-electron chi connectivity index (χ0n) is 13.0. The SMILES string of the molecule is CC1CCC(O)(CNc2nc(N)nc(OC(C)C)n2)CC1. The molecule has 0 atom stereocenters. The van der Waals surface area contributed by atoms with Gasteiger partial charge in [-0.15, -0.1) is 0 Å². The minimum atomic E-state index is -0.701. The number of nitrogen functional groups attached to an aromatic ring is 1. The van der Waals surface area contributed by atoms with Gasteiger partial charge in [-0.2, -0.15) is 15.0 Å². The Hall–Kier alpha value is -1.63. The molecule has 1 aromatic heterocycles. The second kappa shape index (κ2) is 6.43. The van der Waals surface area contributed by atoms with Crippen molar-refractivity contribution < 1.29 is 9.84 Å². The van der Waals surface area contributed by atoms with Gasteiger partial charge in [0, 0.05) is 6.54 Å². The van der Waals surface area contributed by atoms with Gasteiger partial charge in [0.05, 0.1) is 11.7 Å². The molecule has 4 N–H and O–H groups in total. The van der Waals surface area contributed by atoms with Crippen molar-refractivity contribution in [2.75, 3.05) is 17.6 Å². The number of aromatic nitrogens is 3. The molecule has 1 aliphatic carbocycles. The van der Waals surface area contributed by atoms with Crippen LogP contribution < -0.4 is 15.8 Å². The fraction of sp³-hybridized carbons (Fsp3) is 0.786. The van der Waals surface area contributed by atoms with Crippen molar-refractivity contribution in [1.29, 1.82) is 0 Å². The lowest BCUT2D eigenvalue weighted by Crippen LogP contribution is -2.40. The Morgan fingerprint density at radius 2 is 2.00 bits per heavy atom. The minimum absolute atomic E-state index is 0.0383. The zero-order valence-corrected chi connectivity index (χ0v) is 13.0. The monoisotopic (exact) mass is 295 g/mol. The van der Waals surface area contributed by atoms with Crippen LogP contribution in [0.4, 0.5) is 11.9 Å². The molecule has 7 heteroatoms. The van der Waals surface area contributed by atoms with Crippen LogP contribution in [0, 0.1) is 5.92 Å². The van der Waals surface area contributed by atoms with Gasteiger partial charge < -0.3 is 20.9 Å². The highest BCUT2D eigenvalue weighted by atomic mass is 16.5. The molecule has 0 amide bonds. The molecule has 0 saturated heterocycles. The van der Waals surface area contributed by atoms with Crippen molar-refractivity contribution in [3.05, 3.63) is 0 Å². The van der Waals surface area contributed by atoms with E-state index >= 15 is 0 Å². The lowest BCUT2D eigenvalue weighted by Gasteiger charge is -2.34. The van der Waals surface area contributed by atoms with Crippen molar-refractivity contribution in [2.45, 2.75) is 58.2 Å². The van der Waals surface area contributed by atoms with Crippen LogP contribution in [-0.4, -0.2) is 38.3 Å². The normalized spacial score (nSPS) is 25.9. The zero-order chi connectivity index (χ0) is 15.5. The highest BCUT2D eigenvalue weighted by Gasteiger charge is 2.31. The van der Waals surface area contributed by atoms with E-state index in [9.17, 15) is 5.11 Å².